The van der Waals surface area contributed by atoms with Gasteiger partial charge >= 0.3 is 0 Å². The maximum absolute atomic E-state index is 9.74. The van der Waals surface area contributed by atoms with Crippen molar-refractivity contribution in [3.05, 3.63) is 29.8 Å². The Kier molecular flexibility index (Phi) is 2.59. The molecule has 0 bridgehead atoms. The number of phenolic OH excluding ortho intramolecular Hbond substituents is 1. The van der Waals surface area contributed by atoms with Crippen molar-refractivity contribution in [2.75, 3.05) is 0 Å². The molecule has 0 unspecified atom stereocenters. The monoisotopic (exact) mass is 181 g/mol. The number of benzene rings is 1. The Labute approximate surface area is 77.8 Å². The van der Waals surface area contributed by atoms with Gasteiger partial charge in [-0.1, -0.05) is 12.1 Å². The van der Waals surface area contributed by atoms with E-state index in [1.54, 1.807) is 26.0 Å². The lowest BCUT2D eigenvalue weighted by Crippen LogP contribution is -2.39. The summed E-state index contributed by atoms with van der Waals surface area (Å²) in [5.74, 6) is 0.186. The molecule has 1 atom stereocenters. The molecule has 0 heterocycles. The van der Waals surface area contributed by atoms with Crippen molar-refractivity contribution in [3.63, 3.8) is 0 Å². The first-order valence-electron chi connectivity index (χ1n) is 4.17. The van der Waals surface area contributed by atoms with Gasteiger partial charge in [0.15, 0.2) is 0 Å². The Bertz CT molecular complexity index is 274. The van der Waals surface area contributed by atoms with Gasteiger partial charge in [-0.15, -0.1) is 0 Å². The Hall–Kier alpha value is -1.06. The van der Waals surface area contributed by atoms with E-state index in [4.69, 9.17) is 10.8 Å². The number of phenols is 1. The topological polar surface area (TPSA) is 66.5 Å². The average molecular weight is 181 g/mol. The molecule has 0 aromatic heterocycles. The van der Waals surface area contributed by atoms with Crippen molar-refractivity contribution in [2.24, 2.45) is 5.73 Å². The van der Waals surface area contributed by atoms with E-state index in [1.807, 2.05) is 0 Å². The minimum Gasteiger partial charge on any atom is -0.508 e. The Morgan fingerprint density at radius 2 is 1.69 bits per heavy atom. The van der Waals surface area contributed by atoms with Crippen molar-refractivity contribution in [3.8, 4) is 5.75 Å². The van der Waals surface area contributed by atoms with E-state index in [2.05, 4.69) is 0 Å². The van der Waals surface area contributed by atoms with Gasteiger partial charge in [0.05, 0.1) is 6.10 Å². The van der Waals surface area contributed by atoms with Crippen LogP contribution in [0.4, 0.5) is 0 Å². The van der Waals surface area contributed by atoms with E-state index in [1.165, 1.54) is 12.1 Å². The molecule has 13 heavy (non-hydrogen) atoms. The van der Waals surface area contributed by atoms with Gasteiger partial charge in [-0.25, -0.2) is 0 Å². The van der Waals surface area contributed by atoms with Crippen LogP contribution in [0.2, 0.25) is 0 Å². The van der Waals surface area contributed by atoms with Crippen molar-refractivity contribution < 1.29 is 10.2 Å². The van der Waals surface area contributed by atoms with Crippen LogP contribution in [0.5, 0.6) is 5.75 Å². The molecule has 0 saturated heterocycles. The molecule has 3 nitrogen and oxygen atoms in total. The minimum atomic E-state index is -0.715. The highest BCUT2D eigenvalue weighted by molar-refractivity contribution is 5.28. The zero-order valence-electron chi connectivity index (χ0n) is 7.86. The number of nitrogens with two attached hydrogens (primary N) is 1. The van der Waals surface area contributed by atoms with Crippen LogP contribution in [-0.2, 0) is 0 Å². The molecule has 0 amide bonds. The maximum atomic E-state index is 9.74. The number of rotatable bonds is 2. The molecule has 4 N–H and O–H groups in total. The normalized spacial score (nSPS) is 14.2. The van der Waals surface area contributed by atoms with E-state index in [-0.39, 0.29) is 5.75 Å². The highest BCUT2D eigenvalue weighted by Crippen LogP contribution is 2.24. The molecule has 0 aliphatic heterocycles. The van der Waals surface area contributed by atoms with Crippen LogP contribution in [-0.4, -0.2) is 15.8 Å². The van der Waals surface area contributed by atoms with Gasteiger partial charge < -0.3 is 15.9 Å². The fourth-order valence-electron chi connectivity index (χ4n) is 1.09. The lowest BCUT2D eigenvalue weighted by atomic mass is 9.92. The van der Waals surface area contributed by atoms with Gasteiger partial charge in [-0.2, -0.15) is 0 Å². The summed E-state index contributed by atoms with van der Waals surface area (Å²) in [5, 5.41) is 18.8. The molecule has 0 radical (unpaired) electrons. The molecule has 0 saturated carbocycles. The summed E-state index contributed by atoms with van der Waals surface area (Å²) in [6.07, 6.45) is -0.715. The van der Waals surface area contributed by atoms with Crippen LogP contribution < -0.4 is 5.73 Å². The van der Waals surface area contributed by atoms with E-state index in [0.717, 1.165) is 0 Å². The predicted molar refractivity (Wildman–Crippen MR) is 51.3 cm³/mol. The Morgan fingerprint density at radius 3 is 2.08 bits per heavy atom. The molecule has 0 spiro atoms. The molecule has 72 valence electrons. The molecular formula is C10H15NO2. The second-order valence-corrected chi connectivity index (χ2v) is 3.82. The molecule has 0 aliphatic rings. The lowest BCUT2D eigenvalue weighted by molar-refractivity contribution is 0.104. The summed E-state index contributed by atoms with van der Waals surface area (Å²) in [7, 11) is 0. The van der Waals surface area contributed by atoms with Crippen molar-refractivity contribution >= 4 is 0 Å². The smallest absolute Gasteiger partial charge is 0.115 e. The molecule has 3 heteroatoms. The highest BCUT2D eigenvalue weighted by atomic mass is 16.3. The van der Waals surface area contributed by atoms with Crippen LogP contribution in [0.1, 0.15) is 25.5 Å². The van der Waals surface area contributed by atoms with Crippen LogP contribution in [0.25, 0.3) is 0 Å². The van der Waals surface area contributed by atoms with E-state index >= 15 is 0 Å². The number of aliphatic hydroxyl groups excluding tert-OH is 1. The van der Waals surface area contributed by atoms with Crippen LogP contribution in [0, 0.1) is 0 Å². The third-order valence-corrected chi connectivity index (χ3v) is 1.91. The first-order chi connectivity index (χ1) is 5.91. The Balaban J connectivity index is 2.90. The number of hydrogen-bond donors (Lipinski definition) is 3. The van der Waals surface area contributed by atoms with Gasteiger partial charge in [0, 0.05) is 5.54 Å². The summed E-state index contributed by atoms with van der Waals surface area (Å²) in [6, 6.07) is 6.39. The molecule has 1 aromatic carbocycles. The molecule has 0 aliphatic carbocycles. The standard InChI is InChI=1S/C10H15NO2/c1-10(2,11)9(13)7-3-5-8(12)6-4-7/h3-6,9,12-13H,11H2,1-2H3/t9-/m0/s1. The summed E-state index contributed by atoms with van der Waals surface area (Å²) in [6.45, 7) is 3.51. The third kappa shape index (κ3) is 2.44. The average Bonchev–Trinajstić information content (AvgIpc) is 2.03. The van der Waals surface area contributed by atoms with Crippen LogP contribution in [0.15, 0.2) is 24.3 Å². The molecule has 0 fully saturated rings. The number of aromatic hydroxyl groups is 1. The minimum absolute atomic E-state index is 0.186. The zero-order valence-corrected chi connectivity index (χ0v) is 7.86. The van der Waals surface area contributed by atoms with Gasteiger partial charge in [-0.3, -0.25) is 0 Å². The van der Waals surface area contributed by atoms with Crippen molar-refractivity contribution in [1.82, 2.24) is 0 Å². The quantitative estimate of drug-likeness (QED) is 0.641. The van der Waals surface area contributed by atoms with E-state index in [0.29, 0.717) is 5.56 Å². The van der Waals surface area contributed by atoms with Gasteiger partial charge in [0.25, 0.3) is 0 Å². The molecule has 1 rings (SSSR count). The SMILES string of the molecule is CC(C)(N)[C@@H](O)c1ccc(O)cc1. The van der Waals surface area contributed by atoms with Gasteiger partial charge in [0.2, 0.25) is 0 Å². The third-order valence-electron chi connectivity index (χ3n) is 1.91. The summed E-state index contributed by atoms with van der Waals surface area (Å²) in [4.78, 5) is 0. The highest BCUT2D eigenvalue weighted by Gasteiger charge is 2.23. The largest absolute Gasteiger partial charge is 0.508 e. The molecule has 1 aromatic rings. The van der Waals surface area contributed by atoms with Crippen molar-refractivity contribution in [1.29, 1.82) is 0 Å². The fraction of sp³-hybridized carbons (Fsp3) is 0.400. The second kappa shape index (κ2) is 3.36. The summed E-state index contributed by atoms with van der Waals surface area (Å²) >= 11 is 0. The maximum Gasteiger partial charge on any atom is 0.115 e. The zero-order chi connectivity index (χ0) is 10.1. The fourth-order valence-corrected chi connectivity index (χ4v) is 1.09. The lowest BCUT2D eigenvalue weighted by Gasteiger charge is -2.26. The van der Waals surface area contributed by atoms with E-state index < -0.39 is 11.6 Å². The van der Waals surface area contributed by atoms with Crippen LogP contribution in [0.3, 0.4) is 0 Å². The van der Waals surface area contributed by atoms with Gasteiger partial charge in [0.1, 0.15) is 5.75 Å². The summed E-state index contributed by atoms with van der Waals surface area (Å²) in [5.41, 5.74) is 5.78. The number of hydrogen-bond acceptors (Lipinski definition) is 3. The van der Waals surface area contributed by atoms with Gasteiger partial charge in [-0.05, 0) is 31.5 Å². The number of aliphatic hydroxyl groups is 1. The molecular weight excluding hydrogens is 166 g/mol. The predicted octanol–water partition coefficient (Wildman–Crippen LogP) is 1.16. The van der Waals surface area contributed by atoms with Crippen LogP contribution >= 0.6 is 0 Å². The Morgan fingerprint density at radius 1 is 1.23 bits per heavy atom. The second-order valence-electron chi connectivity index (χ2n) is 3.82. The van der Waals surface area contributed by atoms with Crippen molar-refractivity contribution in [2.45, 2.75) is 25.5 Å². The first kappa shape index (κ1) is 10.0. The van der Waals surface area contributed by atoms with E-state index in [9.17, 15) is 5.11 Å². The first-order valence-corrected chi connectivity index (χ1v) is 4.17. The summed E-state index contributed by atoms with van der Waals surface area (Å²) < 4.78 is 0.